The molecule has 7 heteroatoms. The van der Waals surface area contributed by atoms with E-state index >= 15 is 0 Å². The summed E-state index contributed by atoms with van der Waals surface area (Å²) in [6.07, 6.45) is 1.43. The molecule has 0 aliphatic heterocycles. The fraction of sp³-hybridized carbons (Fsp3) is 0.308. The average Bonchev–Trinajstić information content (AvgIpc) is 2.42. The van der Waals surface area contributed by atoms with Gasteiger partial charge in [0.2, 0.25) is 10.0 Å². The Morgan fingerprint density at radius 1 is 1.35 bits per heavy atom. The van der Waals surface area contributed by atoms with Gasteiger partial charge in [0.1, 0.15) is 13.2 Å². The molecule has 0 saturated carbocycles. The lowest BCUT2D eigenvalue weighted by Gasteiger charge is -2.03. The van der Waals surface area contributed by atoms with Crippen molar-refractivity contribution in [3.8, 4) is 0 Å². The van der Waals surface area contributed by atoms with Crippen LogP contribution in [-0.2, 0) is 19.6 Å². The fourth-order valence-electron chi connectivity index (χ4n) is 1.26. The summed E-state index contributed by atoms with van der Waals surface area (Å²) >= 11 is 0. The Hall–Kier alpha value is -1.70. The van der Waals surface area contributed by atoms with Gasteiger partial charge in [0.05, 0.1) is 6.61 Å². The molecule has 0 amide bonds. The number of aryl methyl sites for hydroxylation is 1. The van der Waals surface area contributed by atoms with Crippen molar-refractivity contribution in [3.05, 3.63) is 40.8 Å². The Bertz CT molecular complexity index is 563. The molecular formula is C13H17NO5S. The number of hydrogen-bond donors (Lipinski definition) is 2. The Labute approximate surface area is 118 Å². The van der Waals surface area contributed by atoms with Crippen molar-refractivity contribution in [1.82, 2.24) is 4.72 Å². The molecule has 0 aliphatic carbocycles. The van der Waals surface area contributed by atoms with E-state index in [0.29, 0.717) is 0 Å². The van der Waals surface area contributed by atoms with Gasteiger partial charge in [0.25, 0.3) is 0 Å². The molecule has 0 aliphatic rings. The van der Waals surface area contributed by atoms with Crippen LogP contribution < -0.4 is 4.72 Å². The first-order valence-corrected chi connectivity index (χ1v) is 7.48. The van der Waals surface area contributed by atoms with Crippen LogP contribution in [-0.4, -0.2) is 39.3 Å². The van der Waals surface area contributed by atoms with Gasteiger partial charge in [0, 0.05) is 5.41 Å². The molecule has 110 valence electrons. The lowest BCUT2D eigenvalue weighted by molar-refractivity contribution is -0.143. The zero-order valence-corrected chi connectivity index (χ0v) is 11.9. The highest BCUT2D eigenvalue weighted by Crippen LogP contribution is 2.05. The summed E-state index contributed by atoms with van der Waals surface area (Å²) in [4.78, 5) is 11.1. The summed E-state index contributed by atoms with van der Waals surface area (Å²) in [6.45, 7) is 1.01. The van der Waals surface area contributed by atoms with Gasteiger partial charge in [0.15, 0.2) is 0 Å². The van der Waals surface area contributed by atoms with E-state index in [4.69, 9.17) is 5.11 Å². The number of sulfonamides is 1. The van der Waals surface area contributed by atoms with Gasteiger partial charge in [-0.1, -0.05) is 29.8 Å². The second-order valence-electron chi connectivity index (χ2n) is 4.02. The molecule has 0 spiro atoms. The summed E-state index contributed by atoms with van der Waals surface area (Å²) in [7, 11) is -3.70. The van der Waals surface area contributed by atoms with Crippen LogP contribution in [0.2, 0.25) is 0 Å². The minimum absolute atomic E-state index is 0.153. The lowest BCUT2D eigenvalue weighted by atomic mass is 10.2. The first kappa shape index (κ1) is 16.4. The molecule has 1 rings (SSSR count). The predicted molar refractivity (Wildman–Crippen MR) is 75.2 cm³/mol. The highest BCUT2D eigenvalue weighted by Gasteiger charge is 2.09. The van der Waals surface area contributed by atoms with Gasteiger partial charge in [-0.05, 0) is 18.6 Å². The number of carbonyl (C=O) groups is 1. The molecule has 0 saturated heterocycles. The molecule has 0 bridgehead atoms. The zero-order chi connectivity index (χ0) is 15.0. The Morgan fingerprint density at radius 3 is 2.60 bits per heavy atom. The van der Waals surface area contributed by atoms with E-state index in [1.165, 1.54) is 6.08 Å². The van der Waals surface area contributed by atoms with Crippen LogP contribution in [0, 0.1) is 6.92 Å². The van der Waals surface area contributed by atoms with Crippen LogP contribution in [0.3, 0.4) is 0 Å². The minimum Gasteiger partial charge on any atom is -0.462 e. The number of ether oxygens (including phenoxy) is 1. The van der Waals surface area contributed by atoms with E-state index in [0.717, 1.165) is 16.5 Å². The van der Waals surface area contributed by atoms with Crippen LogP contribution in [0.4, 0.5) is 0 Å². The van der Waals surface area contributed by atoms with Gasteiger partial charge >= 0.3 is 5.97 Å². The number of esters is 1. The fourth-order valence-corrected chi connectivity index (χ4v) is 2.02. The van der Waals surface area contributed by atoms with Crippen molar-refractivity contribution in [2.75, 3.05) is 19.8 Å². The summed E-state index contributed by atoms with van der Waals surface area (Å²) in [5.74, 6) is -0.744. The van der Waals surface area contributed by atoms with E-state index in [2.05, 4.69) is 9.46 Å². The van der Waals surface area contributed by atoms with Crippen LogP contribution >= 0.6 is 0 Å². The molecule has 0 atom stereocenters. The second-order valence-corrected chi connectivity index (χ2v) is 5.67. The molecule has 20 heavy (non-hydrogen) atoms. The molecule has 0 heterocycles. The molecule has 0 unspecified atom stereocenters. The summed E-state index contributed by atoms with van der Waals surface area (Å²) < 4.78 is 29.8. The van der Waals surface area contributed by atoms with Gasteiger partial charge in [-0.15, -0.1) is 0 Å². The largest absolute Gasteiger partial charge is 0.462 e. The Kier molecular flexibility index (Phi) is 6.37. The number of aliphatic hydroxyl groups is 1. The maximum Gasteiger partial charge on any atom is 0.321 e. The van der Waals surface area contributed by atoms with Crippen LogP contribution in [0.25, 0.3) is 6.08 Å². The summed E-state index contributed by atoms with van der Waals surface area (Å²) in [6, 6.07) is 7.31. The smallest absolute Gasteiger partial charge is 0.321 e. The normalized spacial score (nSPS) is 11.7. The highest BCUT2D eigenvalue weighted by atomic mass is 32.2. The first-order valence-electron chi connectivity index (χ1n) is 5.94. The third-order valence-electron chi connectivity index (χ3n) is 2.29. The third kappa shape index (κ3) is 6.46. The van der Waals surface area contributed by atoms with Crippen molar-refractivity contribution in [1.29, 1.82) is 0 Å². The van der Waals surface area contributed by atoms with Crippen molar-refractivity contribution >= 4 is 22.1 Å². The van der Waals surface area contributed by atoms with Crippen molar-refractivity contribution in [2.45, 2.75) is 6.92 Å². The van der Waals surface area contributed by atoms with Gasteiger partial charge < -0.3 is 9.84 Å². The lowest BCUT2D eigenvalue weighted by Crippen LogP contribution is -2.29. The van der Waals surface area contributed by atoms with Gasteiger partial charge in [-0.2, -0.15) is 0 Å². The topological polar surface area (TPSA) is 92.7 Å². The molecule has 0 fully saturated rings. The monoisotopic (exact) mass is 299 g/mol. The van der Waals surface area contributed by atoms with Crippen molar-refractivity contribution in [3.63, 3.8) is 0 Å². The highest BCUT2D eigenvalue weighted by molar-refractivity contribution is 7.92. The molecule has 0 radical (unpaired) electrons. The minimum atomic E-state index is -3.70. The summed E-state index contributed by atoms with van der Waals surface area (Å²) in [5, 5.41) is 9.43. The van der Waals surface area contributed by atoms with Crippen molar-refractivity contribution in [2.24, 2.45) is 0 Å². The number of aliphatic hydroxyl groups excluding tert-OH is 1. The number of carbonyl (C=O) groups excluding carboxylic acids is 1. The maximum absolute atomic E-state index is 11.6. The zero-order valence-electron chi connectivity index (χ0n) is 11.1. The van der Waals surface area contributed by atoms with Gasteiger partial charge in [-0.25, -0.2) is 13.1 Å². The van der Waals surface area contributed by atoms with Gasteiger partial charge in [-0.3, -0.25) is 4.79 Å². The molecule has 2 N–H and O–H groups in total. The van der Waals surface area contributed by atoms with E-state index in [1.54, 1.807) is 12.1 Å². The first-order chi connectivity index (χ1) is 9.43. The van der Waals surface area contributed by atoms with E-state index in [-0.39, 0.29) is 13.2 Å². The number of hydrogen-bond acceptors (Lipinski definition) is 5. The molecule has 0 aromatic heterocycles. The SMILES string of the molecule is Cc1ccc(C=CS(=O)(=O)NCC(=O)OCCO)cc1. The Balaban J connectivity index is 2.52. The standard InChI is InChI=1S/C13H17NO5S/c1-11-2-4-12(5-3-11)6-9-20(17,18)14-10-13(16)19-8-7-15/h2-6,9,14-15H,7-8,10H2,1H3. The molecule has 6 nitrogen and oxygen atoms in total. The molecular weight excluding hydrogens is 282 g/mol. The molecule has 1 aromatic rings. The van der Waals surface area contributed by atoms with Crippen LogP contribution in [0.5, 0.6) is 0 Å². The number of nitrogens with one attached hydrogen (secondary N) is 1. The van der Waals surface area contributed by atoms with Crippen LogP contribution in [0.15, 0.2) is 29.7 Å². The third-order valence-corrected chi connectivity index (χ3v) is 3.33. The predicted octanol–water partition coefficient (Wildman–Crippen LogP) is 0.421. The second kappa shape index (κ2) is 7.78. The van der Waals surface area contributed by atoms with E-state index < -0.39 is 22.5 Å². The Morgan fingerprint density at radius 2 is 2.00 bits per heavy atom. The van der Waals surface area contributed by atoms with Crippen LogP contribution in [0.1, 0.15) is 11.1 Å². The van der Waals surface area contributed by atoms with E-state index in [9.17, 15) is 13.2 Å². The van der Waals surface area contributed by atoms with Crippen molar-refractivity contribution < 1.29 is 23.1 Å². The number of rotatable bonds is 7. The molecule has 1 aromatic carbocycles. The average molecular weight is 299 g/mol. The number of benzene rings is 1. The summed E-state index contributed by atoms with van der Waals surface area (Å²) in [5.41, 5.74) is 1.82. The maximum atomic E-state index is 11.6. The quantitative estimate of drug-likeness (QED) is 0.712. The van der Waals surface area contributed by atoms with E-state index in [1.807, 2.05) is 19.1 Å².